The van der Waals surface area contributed by atoms with E-state index in [4.69, 9.17) is 42.9 Å². The lowest BCUT2D eigenvalue weighted by Crippen LogP contribution is -2.15. The Balaban J connectivity index is 4.67. The van der Waals surface area contributed by atoms with E-state index in [2.05, 4.69) is 0 Å². The van der Waals surface area contributed by atoms with Crippen LogP contribution in [0.15, 0.2) is 11.1 Å². The van der Waals surface area contributed by atoms with E-state index < -0.39 is 11.9 Å². The molecule has 0 aliphatic carbocycles. The van der Waals surface area contributed by atoms with Crippen LogP contribution < -0.4 is 0 Å². The van der Waals surface area contributed by atoms with Gasteiger partial charge < -0.3 is 19.7 Å². The zero-order chi connectivity index (χ0) is 15.4. The fourth-order valence-electron chi connectivity index (χ4n) is 1.44. The molecule has 0 amide bonds. The highest BCUT2D eigenvalue weighted by Gasteiger charge is 2.19. The molecule has 0 rings (SSSR count). The lowest BCUT2D eigenvalue weighted by Gasteiger charge is -2.09. The first kappa shape index (κ1) is 19.2. The van der Waals surface area contributed by atoms with Gasteiger partial charge in [-0.05, 0) is 0 Å². The molecule has 0 aromatic carbocycles. The molecule has 0 aromatic rings. The minimum absolute atomic E-state index is 0.00334. The molecule has 0 radical (unpaired) electrons. The van der Waals surface area contributed by atoms with E-state index in [0.29, 0.717) is 11.8 Å². The van der Waals surface area contributed by atoms with E-state index >= 15 is 0 Å². The van der Waals surface area contributed by atoms with Gasteiger partial charge in [0.2, 0.25) is 0 Å². The van der Waals surface area contributed by atoms with Crippen molar-refractivity contribution < 1.29 is 29.3 Å². The van der Waals surface area contributed by atoms with E-state index in [1.54, 1.807) is 0 Å². The van der Waals surface area contributed by atoms with Crippen LogP contribution in [-0.4, -0.2) is 60.3 Å². The molecule has 0 unspecified atom stereocenters. The van der Waals surface area contributed by atoms with E-state index in [-0.39, 0.29) is 50.4 Å². The SMILES string of the molecule is O=C(O)/C(CCOCCCl)=C(/CCOCCCl)C(=O)O. The molecule has 2 N–H and O–H groups in total. The predicted octanol–water partition coefficient (Wildman–Crippen LogP) is 1.74. The molecule has 0 saturated heterocycles. The highest BCUT2D eigenvalue weighted by atomic mass is 35.5. The summed E-state index contributed by atoms with van der Waals surface area (Å²) in [5.74, 6) is -1.95. The van der Waals surface area contributed by atoms with Crippen molar-refractivity contribution in [2.24, 2.45) is 0 Å². The smallest absolute Gasteiger partial charge is 0.332 e. The van der Waals surface area contributed by atoms with Crippen LogP contribution in [0.2, 0.25) is 0 Å². The Bertz CT molecular complexity index is 311. The van der Waals surface area contributed by atoms with Crippen molar-refractivity contribution in [3.05, 3.63) is 11.1 Å². The van der Waals surface area contributed by atoms with Gasteiger partial charge in [0.05, 0.1) is 26.4 Å². The summed E-state index contributed by atoms with van der Waals surface area (Å²) in [6.45, 7) is 0.784. The molecule has 0 spiro atoms. The van der Waals surface area contributed by atoms with Crippen LogP contribution in [0.25, 0.3) is 0 Å². The number of ether oxygens (including phenoxy) is 2. The van der Waals surface area contributed by atoms with Gasteiger partial charge in [-0.25, -0.2) is 9.59 Å². The van der Waals surface area contributed by atoms with Crippen molar-refractivity contribution in [2.45, 2.75) is 12.8 Å². The number of carboxylic acids is 2. The maximum absolute atomic E-state index is 11.1. The van der Waals surface area contributed by atoms with Crippen molar-refractivity contribution >= 4 is 35.1 Å². The summed E-state index contributed by atoms with van der Waals surface area (Å²) in [5.41, 5.74) is -0.358. The van der Waals surface area contributed by atoms with Crippen LogP contribution in [0.5, 0.6) is 0 Å². The zero-order valence-electron chi connectivity index (χ0n) is 10.9. The highest BCUT2D eigenvalue weighted by Crippen LogP contribution is 2.14. The highest BCUT2D eigenvalue weighted by molar-refractivity contribution is 6.18. The minimum Gasteiger partial charge on any atom is -0.478 e. The molecule has 0 saturated carbocycles. The number of rotatable bonds is 12. The number of carboxylic acid groups (broad SMARTS) is 2. The molecule has 0 aliphatic rings. The average Bonchev–Trinajstić information content (AvgIpc) is 2.39. The molecule has 0 aromatic heterocycles. The van der Waals surface area contributed by atoms with Gasteiger partial charge >= 0.3 is 11.9 Å². The topological polar surface area (TPSA) is 93.1 Å². The first-order valence-electron chi connectivity index (χ1n) is 6.00. The molecule has 0 aliphatic heterocycles. The van der Waals surface area contributed by atoms with Crippen LogP contribution in [0, 0.1) is 0 Å². The molecule has 0 heterocycles. The van der Waals surface area contributed by atoms with Gasteiger partial charge in [-0.3, -0.25) is 0 Å². The number of halogens is 2. The van der Waals surface area contributed by atoms with Crippen molar-refractivity contribution in [2.75, 3.05) is 38.2 Å². The number of hydrogen-bond acceptors (Lipinski definition) is 4. The molecule has 20 heavy (non-hydrogen) atoms. The predicted molar refractivity (Wildman–Crippen MR) is 74.6 cm³/mol. The Morgan fingerprint density at radius 3 is 1.35 bits per heavy atom. The van der Waals surface area contributed by atoms with E-state index in [0.717, 1.165) is 0 Å². The Labute approximate surface area is 127 Å². The second-order valence-corrected chi connectivity index (χ2v) is 4.43. The summed E-state index contributed by atoms with van der Waals surface area (Å²) < 4.78 is 10.1. The van der Waals surface area contributed by atoms with Gasteiger partial charge in [0.1, 0.15) is 0 Å². The Hall–Kier alpha value is -0.820. The van der Waals surface area contributed by atoms with Gasteiger partial charge in [-0.15, -0.1) is 23.2 Å². The van der Waals surface area contributed by atoms with Gasteiger partial charge in [0, 0.05) is 35.7 Å². The third-order valence-electron chi connectivity index (χ3n) is 2.32. The van der Waals surface area contributed by atoms with Crippen molar-refractivity contribution in [1.82, 2.24) is 0 Å². The quantitative estimate of drug-likeness (QED) is 0.322. The maximum Gasteiger partial charge on any atom is 0.332 e. The third-order valence-corrected chi connectivity index (χ3v) is 2.62. The summed E-state index contributed by atoms with van der Waals surface area (Å²) in [6, 6.07) is 0. The first-order chi connectivity index (χ1) is 9.54. The molecular formula is C12H18Cl2O6. The van der Waals surface area contributed by atoms with E-state index in [1.165, 1.54) is 0 Å². The number of alkyl halides is 2. The van der Waals surface area contributed by atoms with E-state index in [1.807, 2.05) is 0 Å². The third kappa shape index (κ3) is 8.37. The number of aliphatic carboxylic acids is 2. The van der Waals surface area contributed by atoms with Crippen LogP contribution >= 0.6 is 23.2 Å². The largest absolute Gasteiger partial charge is 0.478 e. The maximum atomic E-state index is 11.1. The molecular weight excluding hydrogens is 311 g/mol. The zero-order valence-corrected chi connectivity index (χ0v) is 12.5. The Kier molecular flexibility index (Phi) is 11.5. The first-order valence-corrected chi connectivity index (χ1v) is 7.07. The van der Waals surface area contributed by atoms with Crippen molar-refractivity contribution in [3.63, 3.8) is 0 Å². The number of hydrogen-bond donors (Lipinski definition) is 2. The monoisotopic (exact) mass is 328 g/mol. The van der Waals surface area contributed by atoms with Crippen LogP contribution in [0.4, 0.5) is 0 Å². The van der Waals surface area contributed by atoms with Crippen LogP contribution in [0.1, 0.15) is 12.8 Å². The molecule has 8 heteroatoms. The van der Waals surface area contributed by atoms with Crippen LogP contribution in [0.3, 0.4) is 0 Å². The Morgan fingerprint density at radius 2 is 1.10 bits per heavy atom. The fourth-order valence-corrected chi connectivity index (χ4v) is 1.65. The average molecular weight is 329 g/mol. The second-order valence-electron chi connectivity index (χ2n) is 3.67. The number of carbonyl (C=O) groups is 2. The van der Waals surface area contributed by atoms with Crippen LogP contribution in [-0.2, 0) is 19.1 Å². The van der Waals surface area contributed by atoms with Gasteiger partial charge in [-0.1, -0.05) is 0 Å². The molecule has 0 bridgehead atoms. The van der Waals surface area contributed by atoms with Gasteiger partial charge in [0.25, 0.3) is 0 Å². The minimum atomic E-state index is -1.27. The Morgan fingerprint density at radius 1 is 0.750 bits per heavy atom. The normalized spacial score (nSPS) is 12.1. The van der Waals surface area contributed by atoms with Gasteiger partial charge in [-0.2, -0.15) is 0 Å². The summed E-state index contributed by atoms with van der Waals surface area (Å²) in [6.07, 6.45) is 0.00667. The van der Waals surface area contributed by atoms with Gasteiger partial charge in [0.15, 0.2) is 0 Å². The standard InChI is InChI=1S/C12H18Cl2O6/c13-3-7-19-5-1-9(11(15)16)10(12(17)18)2-6-20-8-4-14/h1-8H2,(H,15,16)(H,17,18)/b10-9-. The lowest BCUT2D eigenvalue weighted by atomic mass is 10.0. The van der Waals surface area contributed by atoms with Crippen molar-refractivity contribution in [1.29, 1.82) is 0 Å². The lowest BCUT2D eigenvalue weighted by molar-refractivity contribution is -0.136. The fraction of sp³-hybridized carbons (Fsp3) is 0.667. The molecule has 0 fully saturated rings. The molecule has 0 atom stereocenters. The van der Waals surface area contributed by atoms with Crippen molar-refractivity contribution in [3.8, 4) is 0 Å². The summed E-state index contributed by atoms with van der Waals surface area (Å²) >= 11 is 10.8. The van der Waals surface area contributed by atoms with E-state index in [9.17, 15) is 9.59 Å². The molecule has 116 valence electrons. The second kappa shape index (κ2) is 12.0. The molecule has 6 nitrogen and oxygen atoms in total. The summed E-state index contributed by atoms with van der Waals surface area (Å²) in [4.78, 5) is 22.3. The summed E-state index contributed by atoms with van der Waals surface area (Å²) in [7, 11) is 0. The summed E-state index contributed by atoms with van der Waals surface area (Å²) in [5, 5.41) is 18.2.